The molecular weight excluding hydrogens is 663 g/mol. The van der Waals surface area contributed by atoms with Gasteiger partial charge in [0.25, 0.3) is 0 Å². The van der Waals surface area contributed by atoms with Gasteiger partial charge >= 0.3 is 0 Å². The summed E-state index contributed by atoms with van der Waals surface area (Å²) in [4.78, 5) is 18.3. The molecule has 2 unspecified atom stereocenters. The molecule has 256 valence electrons. The van der Waals surface area contributed by atoms with Crippen molar-refractivity contribution < 1.29 is 8.76 Å². The minimum Gasteiger partial charge on any atom is -0.760 e. The number of H-pyrrole nitrogens is 2. The van der Waals surface area contributed by atoms with E-state index in [0.29, 0.717) is 0 Å². The molecule has 0 fully saturated rings. The molecule has 0 saturated carbocycles. The minimum atomic E-state index is -2.36. The molecule has 0 radical (unpaired) electrons. The molecule has 7 aromatic rings. The molecule has 2 aliphatic heterocycles. The third-order valence-electron chi connectivity index (χ3n) is 9.54. The van der Waals surface area contributed by atoms with Crippen LogP contribution in [0.5, 0.6) is 0 Å². The summed E-state index contributed by atoms with van der Waals surface area (Å²) >= 11 is -2.36. The van der Waals surface area contributed by atoms with Crippen LogP contribution >= 0.6 is 0 Å². The molecule has 3 aromatic heterocycles. The van der Waals surface area contributed by atoms with Crippen LogP contribution in [0.4, 0.5) is 0 Å². The van der Waals surface area contributed by atoms with E-state index in [2.05, 4.69) is 167 Å². The van der Waals surface area contributed by atoms with Crippen LogP contribution in [-0.4, -0.2) is 28.7 Å². The van der Waals surface area contributed by atoms with Crippen molar-refractivity contribution in [3.05, 3.63) is 180 Å². The fourth-order valence-corrected chi connectivity index (χ4v) is 7.39. The Bertz CT molecular complexity index is 2530. The second kappa shape index (κ2) is 14.7. The lowest BCUT2D eigenvalue weighted by molar-refractivity contribution is 0.538. The largest absolute Gasteiger partial charge is 0.760 e. The standard InChI is InChI=1S/C44H34N4.H3NO2S/c1-5-13-29(14-6-1)38-27-37-26-35-22-21-33(45-35)25-34-23-24-36(46-34)28-39-40(30-15-7-2-8-16-30)41(31-17-9-3-10-18-31)44(48-39)42(43(38)47-37)32-19-11-4-12-20-32;1-4(2)3/h1-22,25-26,28,38,45,48H,23-24,27H2;1H2,(H,2,3)/p-1. The lowest BCUT2D eigenvalue weighted by Crippen LogP contribution is -2.01. The van der Waals surface area contributed by atoms with Gasteiger partial charge in [-0.3, -0.25) is 19.3 Å². The first kappa shape index (κ1) is 33.2. The maximum Gasteiger partial charge on any atom is 0.0584 e. The van der Waals surface area contributed by atoms with E-state index in [-0.39, 0.29) is 5.92 Å². The highest BCUT2D eigenvalue weighted by molar-refractivity contribution is 7.76. The Morgan fingerprint density at radius 1 is 0.577 bits per heavy atom. The number of rotatable bonds is 4. The van der Waals surface area contributed by atoms with Crippen LogP contribution in [0.15, 0.2) is 152 Å². The molecule has 52 heavy (non-hydrogen) atoms. The highest BCUT2D eigenvalue weighted by Crippen LogP contribution is 2.46. The van der Waals surface area contributed by atoms with Crippen molar-refractivity contribution in [2.24, 2.45) is 5.14 Å². The van der Waals surface area contributed by atoms with Crippen molar-refractivity contribution >= 4 is 33.3 Å². The summed E-state index contributed by atoms with van der Waals surface area (Å²) < 4.78 is 17.6. The van der Waals surface area contributed by atoms with Crippen molar-refractivity contribution in [3.8, 4) is 33.4 Å². The topological polar surface area (TPSA) is 124 Å². The monoisotopic (exact) mass is 698 g/mol. The smallest absolute Gasteiger partial charge is 0.0584 e. The molecule has 4 aromatic carbocycles. The van der Waals surface area contributed by atoms with E-state index in [0.717, 1.165) is 86.4 Å². The number of hydrogen-bond donors (Lipinski definition) is 3. The third kappa shape index (κ3) is 7.00. The Hall–Kier alpha value is -5.93. The first-order chi connectivity index (χ1) is 25.5. The molecule has 0 saturated heterocycles. The average molecular weight is 699 g/mol. The summed E-state index contributed by atoms with van der Waals surface area (Å²) in [7, 11) is 0. The predicted octanol–water partition coefficient (Wildman–Crippen LogP) is 9.21. The molecule has 0 aliphatic carbocycles. The summed E-state index contributed by atoms with van der Waals surface area (Å²) in [6.45, 7) is 0. The quantitative estimate of drug-likeness (QED) is 0.159. The summed E-state index contributed by atoms with van der Waals surface area (Å²) in [5.74, 6) is 0.0832. The highest BCUT2D eigenvalue weighted by Gasteiger charge is 2.28. The zero-order valence-electron chi connectivity index (χ0n) is 28.3. The fraction of sp³-hybridized carbons (Fsp3) is 0.0909. The zero-order chi connectivity index (χ0) is 35.4. The number of fused-ring (bicyclic) bond motifs is 8. The van der Waals surface area contributed by atoms with Crippen LogP contribution in [0.1, 0.15) is 34.3 Å². The second-order valence-corrected chi connectivity index (χ2v) is 13.5. The number of benzene rings is 4. The summed E-state index contributed by atoms with van der Waals surface area (Å²) in [6, 6.07) is 54.1. The Morgan fingerprint density at radius 3 is 1.63 bits per heavy atom. The number of aromatic amines is 2. The number of aromatic nitrogens is 4. The van der Waals surface area contributed by atoms with Gasteiger partial charge in [0.15, 0.2) is 0 Å². The molecule has 8 heteroatoms. The van der Waals surface area contributed by atoms with E-state index < -0.39 is 11.3 Å². The molecule has 2 atom stereocenters. The molecule has 9 rings (SSSR count). The normalized spacial score (nSPS) is 14.3. The fourth-order valence-electron chi connectivity index (χ4n) is 7.39. The molecule has 4 N–H and O–H groups in total. The maximum atomic E-state index is 8.78. The van der Waals surface area contributed by atoms with Crippen LogP contribution in [0.2, 0.25) is 0 Å². The second-order valence-electron chi connectivity index (χ2n) is 12.9. The molecular formula is C44H36N5O2S-. The molecule has 0 spiro atoms. The Morgan fingerprint density at radius 2 is 1.06 bits per heavy atom. The van der Waals surface area contributed by atoms with E-state index in [1.54, 1.807) is 0 Å². The first-order valence-corrected chi connectivity index (χ1v) is 18.4. The maximum absolute atomic E-state index is 8.78. The van der Waals surface area contributed by atoms with Gasteiger partial charge in [0.05, 0.1) is 11.2 Å². The Labute approximate surface area is 304 Å². The van der Waals surface area contributed by atoms with E-state index in [9.17, 15) is 0 Å². The van der Waals surface area contributed by atoms with Crippen LogP contribution in [0, 0.1) is 0 Å². The van der Waals surface area contributed by atoms with Gasteiger partial charge in [0.2, 0.25) is 0 Å². The van der Waals surface area contributed by atoms with Crippen molar-refractivity contribution in [1.29, 1.82) is 0 Å². The van der Waals surface area contributed by atoms with Gasteiger partial charge in [-0.25, -0.2) is 0 Å². The SMILES string of the molecule is NS(=O)[O-].c1ccc(-c2c(-c3ccccc3)c3[nH]c2cc2nc(cc4ccc(cc5nc(c3-c3ccccc3)C(c3ccccc3)C5)[nH]4)CC2)cc1. The van der Waals surface area contributed by atoms with Gasteiger partial charge in [-0.15, -0.1) is 0 Å². The highest BCUT2D eigenvalue weighted by atomic mass is 32.2. The van der Waals surface area contributed by atoms with Gasteiger partial charge in [-0.05, 0) is 65.4 Å². The van der Waals surface area contributed by atoms with Crippen molar-refractivity contribution in [3.63, 3.8) is 0 Å². The summed E-state index contributed by atoms with van der Waals surface area (Å²) in [5, 5.41) is 4.03. The molecule has 2 aliphatic rings. The van der Waals surface area contributed by atoms with E-state index in [1.165, 1.54) is 16.7 Å². The van der Waals surface area contributed by atoms with Crippen LogP contribution in [0.3, 0.4) is 0 Å². The zero-order valence-corrected chi connectivity index (χ0v) is 29.1. The lowest BCUT2D eigenvalue weighted by Gasteiger charge is -2.15. The number of aryl methyl sites for hydroxylation is 2. The Balaban J connectivity index is 0.000000922. The van der Waals surface area contributed by atoms with Crippen LogP contribution in [-0.2, 0) is 30.5 Å². The lowest BCUT2D eigenvalue weighted by atomic mass is 9.87. The number of nitrogens with zero attached hydrogens (tertiary/aromatic N) is 2. The molecule has 7 nitrogen and oxygen atoms in total. The van der Waals surface area contributed by atoms with Crippen molar-refractivity contribution in [1.82, 2.24) is 19.9 Å². The first-order valence-electron chi connectivity index (χ1n) is 17.3. The van der Waals surface area contributed by atoms with Crippen LogP contribution in [0.25, 0.3) is 55.4 Å². The summed E-state index contributed by atoms with van der Waals surface area (Å²) in [5.41, 5.74) is 16.7. The minimum absolute atomic E-state index is 0.0832. The van der Waals surface area contributed by atoms with Gasteiger partial charge in [-0.1, -0.05) is 121 Å². The van der Waals surface area contributed by atoms with Gasteiger partial charge < -0.3 is 14.5 Å². The van der Waals surface area contributed by atoms with Gasteiger partial charge in [0.1, 0.15) is 0 Å². The van der Waals surface area contributed by atoms with Crippen molar-refractivity contribution in [2.45, 2.75) is 25.2 Å². The van der Waals surface area contributed by atoms with Gasteiger partial charge in [0, 0.05) is 73.9 Å². The molecule has 8 bridgehead atoms. The van der Waals surface area contributed by atoms with E-state index in [4.69, 9.17) is 18.7 Å². The predicted molar refractivity (Wildman–Crippen MR) is 210 cm³/mol. The summed E-state index contributed by atoms with van der Waals surface area (Å²) in [6.07, 6.45) is 2.61. The number of nitrogens with one attached hydrogen (secondary N) is 2. The number of nitrogens with two attached hydrogens (primary N) is 1. The van der Waals surface area contributed by atoms with Crippen molar-refractivity contribution in [2.75, 3.05) is 0 Å². The Kier molecular flexibility index (Phi) is 9.42. The van der Waals surface area contributed by atoms with E-state index >= 15 is 0 Å². The average Bonchev–Trinajstić information content (AvgIpc) is 3.97. The molecule has 0 amide bonds. The van der Waals surface area contributed by atoms with E-state index in [1.807, 2.05) is 0 Å². The third-order valence-corrected chi connectivity index (χ3v) is 9.54. The number of hydrogen-bond acceptors (Lipinski definition) is 4. The van der Waals surface area contributed by atoms with Gasteiger partial charge in [-0.2, -0.15) is 0 Å². The van der Waals surface area contributed by atoms with Crippen LogP contribution < -0.4 is 5.14 Å². The molecule has 5 heterocycles.